The maximum atomic E-state index is 5.21. The summed E-state index contributed by atoms with van der Waals surface area (Å²) < 4.78 is 2.81. The van der Waals surface area contributed by atoms with Gasteiger partial charge in [0.15, 0.2) is 10.6 Å². The minimum atomic E-state index is 0.724. The zero-order valence-electron chi connectivity index (χ0n) is 8.23. The second-order valence-electron chi connectivity index (χ2n) is 3.76. The number of fused-ring (bicyclic) bond motifs is 3. The van der Waals surface area contributed by atoms with Crippen LogP contribution in [0.4, 0.5) is 0 Å². The third kappa shape index (κ3) is 1.33. The van der Waals surface area contributed by atoms with Crippen LogP contribution < -0.4 is 0 Å². The van der Waals surface area contributed by atoms with E-state index >= 15 is 0 Å². The van der Waals surface area contributed by atoms with Gasteiger partial charge in [-0.05, 0) is 30.6 Å². The molecule has 0 atom stereocenters. The highest BCUT2D eigenvalue weighted by Gasteiger charge is 2.15. The van der Waals surface area contributed by atoms with Crippen molar-refractivity contribution in [2.24, 2.45) is 0 Å². The van der Waals surface area contributed by atoms with Crippen LogP contribution in [0.5, 0.6) is 0 Å². The van der Waals surface area contributed by atoms with E-state index in [0.717, 1.165) is 30.0 Å². The molecule has 15 heavy (non-hydrogen) atoms. The first-order valence-corrected chi connectivity index (χ1v) is 5.50. The molecule has 0 saturated carbocycles. The highest BCUT2D eigenvalue weighted by Crippen LogP contribution is 2.26. The zero-order valence-corrected chi connectivity index (χ0v) is 9.05. The van der Waals surface area contributed by atoms with Gasteiger partial charge in [-0.15, -0.1) is 0 Å². The predicted molar refractivity (Wildman–Crippen MR) is 61.2 cm³/mol. The van der Waals surface area contributed by atoms with Gasteiger partial charge >= 0.3 is 0 Å². The average molecular weight is 217 g/mol. The maximum absolute atomic E-state index is 5.21. The van der Waals surface area contributed by atoms with E-state index in [1.54, 1.807) is 0 Å². The monoisotopic (exact) mass is 217 g/mol. The lowest BCUT2D eigenvalue weighted by atomic mass is 10.0. The highest BCUT2D eigenvalue weighted by molar-refractivity contribution is 7.71. The lowest BCUT2D eigenvalue weighted by Crippen LogP contribution is -1.97. The number of aryl methyl sites for hydroxylation is 1. The minimum Gasteiger partial charge on any atom is -0.300 e. The molecule has 2 heterocycles. The fraction of sp³-hybridized carbons (Fsp3) is 0.273. The average Bonchev–Trinajstić information content (AvgIpc) is 2.53. The Kier molecular flexibility index (Phi) is 1.95. The first-order chi connectivity index (χ1) is 7.36. The molecule has 1 aromatic carbocycles. The first kappa shape index (κ1) is 8.85. The molecule has 0 unspecified atom stereocenters. The molecule has 3 rings (SSSR count). The normalized spacial score (nSPS) is 14.1. The van der Waals surface area contributed by atoms with Crippen LogP contribution in [0, 0.1) is 4.77 Å². The molecular formula is C11H11N3S. The molecule has 4 heteroatoms. The largest absolute Gasteiger partial charge is 0.300 e. The Morgan fingerprint density at radius 2 is 2.20 bits per heavy atom. The predicted octanol–water partition coefficient (Wildman–Crippen LogP) is 2.55. The molecular weight excluding hydrogens is 206 g/mol. The molecule has 0 radical (unpaired) electrons. The summed E-state index contributed by atoms with van der Waals surface area (Å²) in [6.45, 7) is 0.958. The van der Waals surface area contributed by atoms with Crippen LogP contribution in [0.15, 0.2) is 24.3 Å². The van der Waals surface area contributed by atoms with E-state index in [1.807, 2.05) is 6.07 Å². The van der Waals surface area contributed by atoms with Crippen LogP contribution in [0.25, 0.3) is 11.4 Å². The van der Waals surface area contributed by atoms with Crippen molar-refractivity contribution in [3.63, 3.8) is 0 Å². The van der Waals surface area contributed by atoms with Gasteiger partial charge in [-0.2, -0.15) is 5.10 Å². The molecule has 0 spiro atoms. The Hall–Kier alpha value is -1.42. The minimum absolute atomic E-state index is 0.724. The fourth-order valence-corrected chi connectivity index (χ4v) is 2.34. The van der Waals surface area contributed by atoms with Gasteiger partial charge in [0.25, 0.3) is 0 Å². The van der Waals surface area contributed by atoms with Gasteiger partial charge < -0.3 is 4.57 Å². The zero-order chi connectivity index (χ0) is 10.3. The molecule has 76 valence electrons. The van der Waals surface area contributed by atoms with Crippen molar-refractivity contribution >= 4 is 12.2 Å². The number of nitrogens with zero attached hydrogens (tertiary/aromatic N) is 2. The van der Waals surface area contributed by atoms with Crippen molar-refractivity contribution in [1.29, 1.82) is 0 Å². The Morgan fingerprint density at radius 3 is 3.13 bits per heavy atom. The van der Waals surface area contributed by atoms with E-state index in [0.29, 0.717) is 0 Å². The van der Waals surface area contributed by atoms with E-state index in [4.69, 9.17) is 12.2 Å². The molecule has 1 aliphatic heterocycles. The number of aromatic nitrogens is 3. The van der Waals surface area contributed by atoms with Crippen LogP contribution in [-0.4, -0.2) is 14.8 Å². The number of aromatic amines is 1. The van der Waals surface area contributed by atoms with Crippen LogP contribution in [0.1, 0.15) is 12.0 Å². The van der Waals surface area contributed by atoms with E-state index in [9.17, 15) is 0 Å². The SMILES string of the molecule is S=c1[nH]nc2n1CCCc1ccccc1-2. The summed E-state index contributed by atoms with van der Waals surface area (Å²) in [5, 5.41) is 7.17. The van der Waals surface area contributed by atoms with Crippen LogP contribution in [0.3, 0.4) is 0 Å². The van der Waals surface area contributed by atoms with Gasteiger partial charge in [0.2, 0.25) is 0 Å². The highest BCUT2D eigenvalue weighted by atomic mass is 32.1. The van der Waals surface area contributed by atoms with Crippen molar-refractivity contribution in [1.82, 2.24) is 14.8 Å². The van der Waals surface area contributed by atoms with E-state index in [2.05, 4.69) is 33.0 Å². The number of H-pyrrole nitrogens is 1. The van der Waals surface area contributed by atoms with Crippen LogP contribution in [0.2, 0.25) is 0 Å². The summed E-state index contributed by atoms with van der Waals surface area (Å²) in [6, 6.07) is 8.41. The summed E-state index contributed by atoms with van der Waals surface area (Å²) in [4.78, 5) is 0. The van der Waals surface area contributed by atoms with Crippen molar-refractivity contribution in [2.75, 3.05) is 0 Å². The van der Waals surface area contributed by atoms with Gasteiger partial charge in [0.1, 0.15) is 0 Å². The van der Waals surface area contributed by atoms with Gasteiger partial charge in [0, 0.05) is 12.1 Å². The Morgan fingerprint density at radius 1 is 1.33 bits per heavy atom. The summed E-state index contributed by atoms with van der Waals surface area (Å²) in [5.41, 5.74) is 2.58. The fourth-order valence-electron chi connectivity index (χ4n) is 2.11. The molecule has 3 nitrogen and oxygen atoms in total. The standard InChI is InChI=1S/C11H11N3S/c15-11-13-12-10-9-6-2-1-4-8(9)5-3-7-14(10)11/h1-2,4,6H,3,5,7H2,(H,13,15). The third-order valence-electron chi connectivity index (χ3n) is 2.84. The van der Waals surface area contributed by atoms with Crippen molar-refractivity contribution in [3.8, 4) is 11.4 Å². The summed E-state index contributed by atoms with van der Waals surface area (Å²) in [5.74, 6) is 0.980. The number of hydrogen-bond donors (Lipinski definition) is 1. The van der Waals surface area contributed by atoms with Gasteiger partial charge in [-0.3, -0.25) is 5.10 Å². The smallest absolute Gasteiger partial charge is 0.195 e. The number of benzene rings is 1. The molecule has 0 amide bonds. The lowest BCUT2D eigenvalue weighted by Gasteiger charge is -2.03. The third-order valence-corrected chi connectivity index (χ3v) is 3.16. The van der Waals surface area contributed by atoms with E-state index in [-0.39, 0.29) is 0 Å². The topological polar surface area (TPSA) is 33.6 Å². The van der Waals surface area contributed by atoms with Gasteiger partial charge in [0.05, 0.1) is 0 Å². The number of hydrogen-bond acceptors (Lipinski definition) is 2. The lowest BCUT2D eigenvalue weighted by molar-refractivity contribution is 0.652. The summed E-state index contributed by atoms with van der Waals surface area (Å²) >= 11 is 5.21. The van der Waals surface area contributed by atoms with Gasteiger partial charge in [-0.1, -0.05) is 24.3 Å². The maximum Gasteiger partial charge on any atom is 0.195 e. The number of nitrogens with one attached hydrogen (secondary N) is 1. The van der Waals surface area contributed by atoms with Crippen LogP contribution >= 0.6 is 12.2 Å². The molecule has 0 saturated heterocycles. The van der Waals surface area contributed by atoms with Crippen molar-refractivity contribution in [3.05, 3.63) is 34.6 Å². The molecule has 0 bridgehead atoms. The van der Waals surface area contributed by atoms with Crippen LogP contribution in [-0.2, 0) is 13.0 Å². The molecule has 0 aliphatic carbocycles. The molecule has 1 aliphatic rings. The molecule has 1 aromatic heterocycles. The molecule has 1 N–H and O–H groups in total. The second-order valence-corrected chi connectivity index (χ2v) is 4.15. The van der Waals surface area contributed by atoms with E-state index in [1.165, 1.54) is 11.1 Å². The Balaban J connectivity index is 2.32. The quantitative estimate of drug-likeness (QED) is 0.688. The first-order valence-electron chi connectivity index (χ1n) is 5.10. The van der Waals surface area contributed by atoms with Gasteiger partial charge in [-0.25, -0.2) is 0 Å². The summed E-state index contributed by atoms with van der Waals surface area (Å²) in [7, 11) is 0. The Labute approximate surface area is 92.8 Å². The number of rotatable bonds is 0. The summed E-state index contributed by atoms with van der Waals surface area (Å²) in [6.07, 6.45) is 2.23. The second kappa shape index (κ2) is 3.31. The van der Waals surface area contributed by atoms with Crippen molar-refractivity contribution in [2.45, 2.75) is 19.4 Å². The molecule has 2 aromatic rings. The molecule has 0 fully saturated rings. The van der Waals surface area contributed by atoms with Crippen molar-refractivity contribution < 1.29 is 0 Å². The Bertz CT molecular complexity index is 553. The van der Waals surface area contributed by atoms with E-state index < -0.39 is 0 Å².